The number of thiophene rings is 1. The van der Waals surface area contributed by atoms with E-state index in [-0.39, 0.29) is 5.56 Å². The van der Waals surface area contributed by atoms with E-state index in [2.05, 4.69) is 53.1 Å². The standard InChI is InChI=1S/C21H24Br2N4O2S/c1-29-15-10-19-18(25-12-15)2-3-20(28)27(19)9-8-26-6-4-14(5-7-26)24-13-16-11-17(22)21(23)30-16/h2-3,10-12,14,24H,4-9,13H2,1H3. The van der Waals surface area contributed by atoms with Crippen LogP contribution in [0.1, 0.15) is 17.7 Å². The van der Waals surface area contributed by atoms with Crippen LogP contribution in [0.15, 0.2) is 43.5 Å². The predicted octanol–water partition coefficient (Wildman–Crippen LogP) is 4.25. The molecule has 6 nitrogen and oxygen atoms in total. The molecular weight excluding hydrogens is 532 g/mol. The quantitative estimate of drug-likeness (QED) is 0.472. The van der Waals surface area contributed by atoms with Gasteiger partial charge in [-0.25, -0.2) is 0 Å². The van der Waals surface area contributed by atoms with Crippen molar-refractivity contribution in [2.75, 3.05) is 26.7 Å². The summed E-state index contributed by atoms with van der Waals surface area (Å²) in [6, 6.07) is 7.97. The smallest absolute Gasteiger partial charge is 0.251 e. The van der Waals surface area contributed by atoms with Gasteiger partial charge in [0, 0.05) is 47.2 Å². The van der Waals surface area contributed by atoms with Crippen LogP contribution < -0.4 is 15.6 Å². The van der Waals surface area contributed by atoms with Gasteiger partial charge in [-0.1, -0.05) is 0 Å². The number of nitrogens with one attached hydrogen (secondary N) is 1. The highest BCUT2D eigenvalue weighted by Crippen LogP contribution is 2.32. The highest BCUT2D eigenvalue weighted by molar-refractivity contribution is 9.13. The number of methoxy groups -OCH3 is 1. The Bertz CT molecular complexity index is 1060. The maximum atomic E-state index is 12.5. The Morgan fingerprint density at radius 1 is 1.23 bits per heavy atom. The summed E-state index contributed by atoms with van der Waals surface area (Å²) in [5.74, 6) is 0.665. The number of ether oxygens (including phenoxy) is 1. The molecule has 0 aliphatic carbocycles. The summed E-state index contributed by atoms with van der Waals surface area (Å²) in [5, 5.41) is 3.68. The van der Waals surface area contributed by atoms with E-state index in [0.717, 1.165) is 58.3 Å². The fraction of sp³-hybridized carbons (Fsp3) is 0.429. The number of aromatic nitrogens is 2. The van der Waals surface area contributed by atoms with E-state index >= 15 is 0 Å². The van der Waals surface area contributed by atoms with E-state index in [1.54, 1.807) is 36.8 Å². The summed E-state index contributed by atoms with van der Waals surface area (Å²) in [7, 11) is 1.61. The molecular formula is C21H24Br2N4O2S. The van der Waals surface area contributed by atoms with Crippen molar-refractivity contribution in [3.63, 3.8) is 0 Å². The minimum atomic E-state index is 0.00220. The van der Waals surface area contributed by atoms with Crippen molar-refractivity contribution in [1.82, 2.24) is 19.8 Å². The molecule has 3 aromatic heterocycles. The molecule has 0 saturated carbocycles. The number of fused-ring (bicyclic) bond motifs is 1. The van der Waals surface area contributed by atoms with Crippen molar-refractivity contribution in [2.45, 2.75) is 32.0 Å². The van der Waals surface area contributed by atoms with Crippen LogP contribution in [0.25, 0.3) is 11.0 Å². The Morgan fingerprint density at radius 3 is 2.73 bits per heavy atom. The number of rotatable bonds is 7. The van der Waals surface area contributed by atoms with Crippen molar-refractivity contribution >= 4 is 54.2 Å². The van der Waals surface area contributed by atoms with Gasteiger partial charge in [-0.05, 0) is 69.9 Å². The average molecular weight is 556 g/mol. The van der Waals surface area contributed by atoms with Crippen molar-refractivity contribution in [2.24, 2.45) is 0 Å². The third-order valence-electron chi connectivity index (χ3n) is 5.54. The van der Waals surface area contributed by atoms with Gasteiger partial charge in [0.2, 0.25) is 0 Å². The highest BCUT2D eigenvalue weighted by atomic mass is 79.9. The SMILES string of the molecule is COc1cnc2ccc(=O)n(CCN3CCC(NCc4cc(Br)c(Br)s4)CC3)c2c1. The third kappa shape index (κ3) is 5.13. The van der Waals surface area contributed by atoms with Gasteiger partial charge in [0.25, 0.3) is 5.56 Å². The zero-order valence-corrected chi connectivity index (χ0v) is 20.7. The zero-order valence-electron chi connectivity index (χ0n) is 16.7. The normalized spacial score (nSPS) is 15.7. The summed E-state index contributed by atoms with van der Waals surface area (Å²) in [6.45, 7) is 4.49. The van der Waals surface area contributed by atoms with Crippen LogP contribution >= 0.6 is 43.2 Å². The molecule has 0 spiro atoms. The third-order valence-corrected chi connectivity index (χ3v) is 8.79. The van der Waals surface area contributed by atoms with Crippen LogP contribution in [-0.2, 0) is 13.1 Å². The van der Waals surface area contributed by atoms with E-state index in [1.807, 2.05) is 10.6 Å². The number of piperidine rings is 1. The second-order valence-corrected chi connectivity index (χ2v) is 10.7. The fourth-order valence-corrected chi connectivity index (χ4v) is 5.94. The van der Waals surface area contributed by atoms with E-state index in [4.69, 9.17) is 4.74 Å². The van der Waals surface area contributed by atoms with Crippen molar-refractivity contribution in [3.05, 3.63) is 54.0 Å². The monoisotopic (exact) mass is 554 g/mol. The first kappa shape index (κ1) is 22.0. The number of hydrogen-bond donors (Lipinski definition) is 1. The van der Waals surface area contributed by atoms with Crippen LogP contribution in [0.2, 0.25) is 0 Å². The van der Waals surface area contributed by atoms with Gasteiger partial charge in [0.05, 0.1) is 28.1 Å². The van der Waals surface area contributed by atoms with Crippen LogP contribution in [0.4, 0.5) is 0 Å². The lowest BCUT2D eigenvalue weighted by Gasteiger charge is -2.32. The first-order valence-electron chi connectivity index (χ1n) is 9.96. The van der Waals surface area contributed by atoms with Gasteiger partial charge in [0.1, 0.15) is 5.75 Å². The minimum Gasteiger partial charge on any atom is -0.495 e. The van der Waals surface area contributed by atoms with Crippen LogP contribution in [0.5, 0.6) is 5.75 Å². The fourth-order valence-electron chi connectivity index (χ4n) is 3.82. The first-order valence-corrected chi connectivity index (χ1v) is 12.4. The van der Waals surface area contributed by atoms with Crippen LogP contribution in [0.3, 0.4) is 0 Å². The number of hydrogen-bond acceptors (Lipinski definition) is 6. The molecule has 1 fully saturated rings. The molecule has 1 N–H and O–H groups in total. The Hall–Kier alpha value is -1.26. The summed E-state index contributed by atoms with van der Waals surface area (Å²) in [5.41, 5.74) is 1.64. The second kappa shape index (κ2) is 9.91. The molecule has 4 heterocycles. The van der Waals surface area contributed by atoms with Crippen molar-refractivity contribution in [3.8, 4) is 5.75 Å². The number of pyridine rings is 2. The molecule has 9 heteroatoms. The Kier molecular flexibility index (Phi) is 7.25. The topological polar surface area (TPSA) is 59.4 Å². The van der Waals surface area contributed by atoms with Crippen molar-refractivity contribution < 1.29 is 4.74 Å². The van der Waals surface area contributed by atoms with Gasteiger partial charge in [-0.2, -0.15) is 0 Å². The molecule has 4 rings (SSSR count). The lowest BCUT2D eigenvalue weighted by molar-refractivity contribution is 0.191. The lowest BCUT2D eigenvalue weighted by Crippen LogP contribution is -2.43. The predicted molar refractivity (Wildman–Crippen MR) is 129 cm³/mol. The molecule has 160 valence electrons. The van der Waals surface area contributed by atoms with Gasteiger partial charge < -0.3 is 19.5 Å². The van der Waals surface area contributed by atoms with E-state index in [1.165, 1.54) is 4.88 Å². The molecule has 3 aromatic rings. The highest BCUT2D eigenvalue weighted by Gasteiger charge is 2.19. The van der Waals surface area contributed by atoms with Gasteiger partial charge >= 0.3 is 0 Å². The summed E-state index contributed by atoms with van der Waals surface area (Å²) >= 11 is 8.87. The number of likely N-dealkylation sites (tertiary alicyclic amines) is 1. The van der Waals surface area contributed by atoms with Gasteiger partial charge in [-0.15, -0.1) is 11.3 Å². The summed E-state index contributed by atoms with van der Waals surface area (Å²) < 4.78 is 9.36. The molecule has 0 amide bonds. The van der Waals surface area contributed by atoms with E-state index in [9.17, 15) is 4.79 Å². The number of halogens is 2. The van der Waals surface area contributed by atoms with Gasteiger partial charge in [0.15, 0.2) is 0 Å². The Morgan fingerprint density at radius 2 is 2.03 bits per heavy atom. The number of nitrogens with zero attached hydrogens (tertiary/aromatic N) is 3. The molecule has 1 aliphatic rings. The molecule has 30 heavy (non-hydrogen) atoms. The van der Waals surface area contributed by atoms with E-state index in [0.29, 0.717) is 18.3 Å². The van der Waals surface area contributed by atoms with Gasteiger partial charge in [-0.3, -0.25) is 9.78 Å². The second-order valence-electron chi connectivity index (χ2n) is 7.43. The van der Waals surface area contributed by atoms with Crippen molar-refractivity contribution in [1.29, 1.82) is 0 Å². The summed E-state index contributed by atoms with van der Waals surface area (Å²) in [6.07, 6.45) is 3.92. The molecule has 1 aliphatic heterocycles. The molecule has 0 unspecified atom stereocenters. The van der Waals surface area contributed by atoms with Crippen LogP contribution in [-0.4, -0.2) is 47.2 Å². The largest absolute Gasteiger partial charge is 0.495 e. The average Bonchev–Trinajstić information content (AvgIpc) is 3.09. The molecule has 1 saturated heterocycles. The molecule has 0 aromatic carbocycles. The maximum absolute atomic E-state index is 12.5. The minimum absolute atomic E-state index is 0.00220. The molecule has 0 bridgehead atoms. The lowest BCUT2D eigenvalue weighted by atomic mass is 10.1. The maximum Gasteiger partial charge on any atom is 0.251 e. The first-order chi connectivity index (χ1) is 14.5. The van der Waals surface area contributed by atoms with E-state index < -0.39 is 0 Å². The summed E-state index contributed by atoms with van der Waals surface area (Å²) in [4.78, 5) is 20.6. The molecule has 0 radical (unpaired) electrons. The zero-order chi connectivity index (χ0) is 21.1. The Balaban J connectivity index is 1.31. The Labute approximate surface area is 196 Å². The van der Waals surface area contributed by atoms with Crippen LogP contribution in [0, 0.1) is 0 Å². The molecule has 0 atom stereocenters.